The van der Waals surface area contributed by atoms with Crippen molar-refractivity contribution in [2.24, 2.45) is 0 Å². The fourth-order valence-corrected chi connectivity index (χ4v) is 1.40. The number of nitrogens with one attached hydrogen (secondary N) is 1. The van der Waals surface area contributed by atoms with E-state index in [1.165, 1.54) is 18.3 Å². The first-order chi connectivity index (χ1) is 9.85. The number of nitrogens with zero attached hydrogens (tertiary/aromatic N) is 1. The van der Waals surface area contributed by atoms with E-state index in [4.69, 9.17) is 21.4 Å². The van der Waals surface area contributed by atoms with Crippen LogP contribution in [-0.4, -0.2) is 40.1 Å². The van der Waals surface area contributed by atoms with Gasteiger partial charge < -0.3 is 15.2 Å². The Morgan fingerprint density at radius 1 is 1.43 bits per heavy atom. The number of carboxylic acid groups (broad SMARTS) is 1. The van der Waals surface area contributed by atoms with Gasteiger partial charge in [-0.1, -0.05) is 18.5 Å². The maximum Gasteiger partial charge on any atom is 0.340 e. The molecule has 0 radical (unpaired) electrons. The third kappa shape index (κ3) is 5.03. The van der Waals surface area contributed by atoms with Gasteiger partial charge in [-0.25, -0.2) is 14.6 Å². The summed E-state index contributed by atoms with van der Waals surface area (Å²) in [7, 11) is 0. The number of hydrogen-bond acceptors (Lipinski definition) is 5. The number of aromatic nitrogens is 1. The molecule has 21 heavy (non-hydrogen) atoms. The van der Waals surface area contributed by atoms with Gasteiger partial charge in [-0.3, -0.25) is 4.79 Å². The average molecular weight is 315 g/mol. The molecule has 0 saturated heterocycles. The number of esters is 1. The predicted molar refractivity (Wildman–Crippen MR) is 74.0 cm³/mol. The zero-order valence-electron chi connectivity index (χ0n) is 11.5. The lowest BCUT2D eigenvalue weighted by Crippen LogP contribution is -2.48. The number of halogens is 1. The van der Waals surface area contributed by atoms with Gasteiger partial charge in [0.25, 0.3) is 5.91 Å². The molecule has 0 spiro atoms. The molecule has 8 heteroatoms. The maximum atomic E-state index is 11.8. The van der Waals surface area contributed by atoms with Crippen molar-refractivity contribution in [3.05, 3.63) is 29.0 Å². The number of carbonyl (C=O) groups excluding carboxylic acids is 2. The second kappa shape index (κ2) is 7.58. The van der Waals surface area contributed by atoms with Crippen LogP contribution in [0, 0.1) is 0 Å². The van der Waals surface area contributed by atoms with E-state index in [9.17, 15) is 14.4 Å². The molecule has 1 rings (SSSR count). The van der Waals surface area contributed by atoms with Crippen LogP contribution in [0.2, 0.25) is 5.02 Å². The Labute approximate surface area is 126 Å². The van der Waals surface area contributed by atoms with E-state index in [1.807, 2.05) is 0 Å². The van der Waals surface area contributed by atoms with Gasteiger partial charge in [-0.2, -0.15) is 0 Å². The largest absolute Gasteiger partial charge is 0.479 e. The summed E-state index contributed by atoms with van der Waals surface area (Å²) in [5, 5.41) is 11.4. The molecule has 0 aromatic carbocycles. The van der Waals surface area contributed by atoms with Gasteiger partial charge in [0.2, 0.25) is 6.04 Å². The quantitative estimate of drug-likeness (QED) is 0.605. The fourth-order valence-electron chi connectivity index (χ4n) is 1.29. The Morgan fingerprint density at radius 3 is 2.57 bits per heavy atom. The third-order valence-electron chi connectivity index (χ3n) is 2.61. The van der Waals surface area contributed by atoms with E-state index in [2.05, 4.69) is 10.3 Å². The normalized spacial score (nSPS) is 13.1. The van der Waals surface area contributed by atoms with Crippen LogP contribution in [0.25, 0.3) is 0 Å². The van der Waals surface area contributed by atoms with Crippen molar-refractivity contribution in [2.45, 2.75) is 32.4 Å². The molecule has 2 atom stereocenters. The lowest BCUT2D eigenvalue weighted by Gasteiger charge is -2.16. The van der Waals surface area contributed by atoms with Crippen molar-refractivity contribution in [1.82, 2.24) is 10.3 Å². The van der Waals surface area contributed by atoms with Crippen molar-refractivity contribution in [3.8, 4) is 0 Å². The van der Waals surface area contributed by atoms with Gasteiger partial charge in [0, 0.05) is 6.20 Å². The molecule has 0 bridgehead atoms. The molecular weight excluding hydrogens is 300 g/mol. The molecule has 2 N–H and O–H groups in total. The Morgan fingerprint density at radius 2 is 2.10 bits per heavy atom. The van der Waals surface area contributed by atoms with E-state index in [0.29, 0.717) is 11.4 Å². The summed E-state index contributed by atoms with van der Waals surface area (Å²) in [6.07, 6.45) is 1.33. The number of amides is 1. The van der Waals surface area contributed by atoms with Gasteiger partial charge in [0.1, 0.15) is 5.69 Å². The highest BCUT2D eigenvalue weighted by atomic mass is 35.5. The number of hydrogen-bond donors (Lipinski definition) is 2. The summed E-state index contributed by atoms with van der Waals surface area (Å²) in [6.45, 7) is 3.41. The highest BCUT2D eigenvalue weighted by Crippen LogP contribution is 2.07. The standard InChI is InChI=1S/C13H15ClN2O5/c1-3-7(2)21-13(20)10(12(18)19)16-11(17)9-5-4-8(14)6-15-9/h4-7,10H,3H2,1-2H3,(H,16,17)(H,18,19). The molecule has 1 amide bonds. The van der Waals surface area contributed by atoms with E-state index >= 15 is 0 Å². The van der Waals surface area contributed by atoms with Crippen LogP contribution in [0.1, 0.15) is 30.8 Å². The predicted octanol–water partition coefficient (Wildman–Crippen LogP) is 1.26. The molecule has 0 fully saturated rings. The summed E-state index contributed by atoms with van der Waals surface area (Å²) < 4.78 is 4.90. The molecule has 0 aliphatic heterocycles. The minimum atomic E-state index is -1.79. The maximum absolute atomic E-state index is 11.8. The van der Waals surface area contributed by atoms with Crippen LogP contribution in [-0.2, 0) is 14.3 Å². The van der Waals surface area contributed by atoms with E-state index in [1.54, 1.807) is 13.8 Å². The van der Waals surface area contributed by atoms with Crippen molar-refractivity contribution in [1.29, 1.82) is 0 Å². The summed E-state index contributed by atoms with van der Waals surface area (Å²) in [4.78, 5) is 38.4. The zero-order valence-corrected chi connectivity index (χ0v) is 12.3. The lowest BCUT2D eigenvalue weighted by atomic mass is 10.2. The molecule has 1 heterocycles. The minimum Gasteiger partial charge on any atom is -0.479 e. The summed E-state index contributed by atoms with van der Waals surface area (Å²) in [5.74, 6) is -3.34. The van der Waals surface area contributed by atoms with Crippen LogP contribution in [0.3, 0.4) is 0 Å². The van der Waals surface area contributed by atoms with Crippen LogP contribution < -0.4 is 5.32 Å². The zero-order chi connectivity index (χ0) is 16.0. The van der Waals surface area contributed by atoms with E-state index < -0.39 is 30.0 Å². The van der Waals surface area contributed by atoms with Crippen molar-refractivity contribution < 1.29 is 24.2 Å². The van der Waals surface area contributed by atoms with Crippen molar-refractivity contribution in [2.75, 3.05) is 0 Å². The summed E-state index contributed by atoms with van der Waals surface area (Å²) >= 11 is 5.63. The Kier molecular flexibility index (Phi) is 6.10. The molecule has 114 valence electrons. The SMILES string of the molecule is CCC(C)OC(=O)C(NC(=O)c1ccc(Cl)cn1)C(=O)O. The average Bonchev–Trinajstić information content (AvgIpc) is 2.44. The molecule has 0 saturated carbocycles. The molecule has 0 aliphatic carbocycles. The highest BCUT2D eigenvalue weighted by Gasteiger charge is 2.31. The minimum absolute atomic E-state index is 0.0537. The molecule has 1 aromatic heterocycles. The fraction of sp³-hybridized carbons (Fsp3) is 0.385. The van der Waals surface area contributed by atoms with Crippen molar-refractivity contribution in [3.63, 3.8) is 0 Å². The second-order valence-electron chi connectivity index (χ2n) is 4.26. The first-order valence-corrected chi connectivity index (χ1v) is 6.58. The Bertz CT molecular complexity index is 532. The molecule has 7 nitrogen and oxygen atoms in total. The van der Waals surface area contributed by atoms with Gasteiger partial charge in [-0.05, 0) is 25.5 Å². The van der Waals surface area contributed by atoms with Crippen LogP contribution in [0.5, 0.6) is 0 Å². The summed E-state index contributed by atoms with van der Waals surface area (Å²) in [5.41, 5.74) is -0.0537. The van der Waals surface area contributed by atoms with Gasteiger partial charge >= 0.3 is 11.9 Å². The number of rotatable bonds is 6. The van der Waals surface area contributed by atoms with Crippen LogP contribution in [0.4, 0.5) is 0 Å². The first kappa shape index (κ1) is 16.9. The van der Waals surface area contributed by atoms with Gasteiger partial charge in [0.05, 0.1) is 11.1 Å². The Hall–Kier alpha value is -2.15. The number of ether oxygens (including phenoxy) is 1. The number of carboxylic acids is 1. The van der Waals surface area contributed by atoms with Crippen LogP contribution in [0.15, 0.2) is 18.3 Å². The highest BCUT2D eigenvalue weighted by molar-refractivity contribution is 6.30. The number of carbonyl (C=O) groups is 3. The molecular formula is C13H15ClN2O5. The van der Waals surface area contributed by atoms with Crippen molar-refractivity contribution >= 4 is 29.4 Å². The molecule has 2 unspecified atom stereocenters. The van der Waals surface area contributed by atoms with Gasteiger partial charge in [-0.15, -0.1) is 0 Å². The number of pyridine rings is 1. The summed E-state index contributed by atoms with van der Waals surface area (Å²) in [6, 6.07) is 0.955. The van der Waals surface area contributed by atoms with Crippen LogP contribution >= 0.6 is 11.6 Å². The van der Waals surface area contributed by atoms with Gasteiger partial charge in [0.15, 0.2) is 0 Å². The smallest absolute Gasteiger partial charge is 0.340 e. The Balaban J connectivity index is 2.78. The molecule has 1 aromatic rings. The number of aliphatic carboxylic acids is 1. The van der Waals surface area contributed by atoms with E-state index in [0.717, 1.165) is 0 Å². The van der Waals surface area contributed by atoms with E-state index in [-0.39, 0.29) is 5.69 Å². The molecule has 0 aliphatic rings. The lowest BCUT2D eigenvalue weighted by molar-refractivity contribution is -0.158. The third-order valence-corrected chi connectivity index (χ3v) is 2.83. The second-order valence-corrected chi connectivity index (χ2v) is 4.70. The monoisotopic (exact) mass is 314 g/mol. The first-order valence-electron chi connectivity index (χ1n) is 6.20. The topological polar surface area (TPSA) is 106 Å².